The van der Waals surface area contributed by atoms with E-state index in [0.717, 1.165) is 19.4 Å². The molecule has 2 N–H and O–H groups in total. The minimum absolute atomic E-state index is 0.0182. The van der Waals surface area contributed by atoms with Gasteiger partial charge in [-0.15, -0.1) is 0 Å². The topological polar surface area (TPSA) is 41.5 Å². The molecule has 1 aromatic rings. The van der Waals surface area contributed by atoms with Crippen LogP contribution in [0.5, 0.6) is 5.75 Å². The van der Waals surface area contributed by atoms with E-state index in [1.165, 1.54) is 13.2 Å². The van der Waals surface area contributed by atoms with Crippen molar-refractivity contribution >= 4 is 0 Å². The molecule has 1 saturated heterocycles. The fraction of sp³-hybridized carbons (Fsp3) is 0.538. The predicted octanol–water partition coefficient (Wildman–Crippen LogP) is 1.79. The Morgan fingerprint density at radius 2 is 2.29 bits per heavy atom. The maximum atomic E-state index is 13.6. The molecule has 0 amide bonds. The van der Waals surface area contributed by atoms with Crippen LogP contribution < -0.4 is 10.1 Å². The Hall–Kier alpha value is -1.13. The summed E-state index contributed by atoms with van der Waals surface area (Å²) in [4.78, 5) is 0. The number of methoxy groups -OCH3 is 1. The molecule has 0 aromatic heterocycles. The number of rotatable bonds is 3. The average Bonchev–Trinajstić information content (AvgIpc) is 2.83. The Balaban J connectivity index is 2.29. The van der Waals surface area contributed by atoms with Gasteiger partial charge in [0.15, 0.2) is 11.6 Å². The third-order valence-corrected chi connectivity index (χ3v) is 3.48. The van der Waals surface area contributed by atoms with Crippen molar-refractivity contribution in [2.45, 2.75) is 31.4 Å². The van der Waals surface area contributed by atoms with Gasteiger partial charge in [0.05, 0.1) is 7.11 Å². The zero-order chi connectivity index (χ0) is 12.5. The number of nitrogens with one attached hydrogen (secondary N) is 1. The first-order valence-corrected chi connectivity index (χ1v) is 5.85. The lowest BCUT2D eigenvalue weighted by Gasteiger charge is -2.31. The van der Waals surface area contributed by atoms with Gasteiger partial charge in [-0.25, -0.2) is 4.39 Å². The van der Waals surface area contributed by atoms with E-state index >= 15 is 0 Å². The Morgan fingerprint density at radius 1 is 1.53 bits per heavy atom. The van der Waals surface area contributed by atoms with Gasteiger partial charge in [0, 0.05) is 6.04 Å². The highest BCUT2D eigenvalue weighted by atomic mass is 19.1. The molecule has 1 aliphatic heterocycles. The zero-order valence-electron chi connectivity index (χ0n) is 10.2. The number of aliphatic hydroxyl groups is 1. The second-order valence-corrected chi connectivity index (χ2v) is 4.65. The molecule has 94 valence electrons. The summed E-state index contributed by atoms with van der Waals surface area (Å²) < 4.78 is 18.5. The summed E-state index contributed by atoms with van der Waals surface area (Å²) in [5.41, 5.74) is -0.473. The molecule has 3 nitrogen and oxygen atoms in total. The van der Waals surface area contributed by atoms with E-state index in [1.54, 1.807) is 19.1 Å². The average molecular weight is 239 g/mol. The second kappa shape index (κ2) is 4.63. The van der Waals surface area contributed by atoms with E-state index in [2.05, 4.69) is 5.32 Å². The maximum Gasteiger partial charge on any atom is 0.165 e. The molecule has 2 rings (SSSR count). The second-order valence-electron chi connectivity index (χ2n) is 4.65. The molecule has 0 radical (unpaired) electrons. The third-order valence-electron chi connectivity index (χ3n) is 3.48. The fourth-order valence-electron chi connectivity index (χ4n) is 2.35. The lowest BCUT2D eigenvalue weighted by Crippen LogP contribution is -2.42. The molecule has 0 saturated carbocycles. The van der Waals surface area contributed by atoms with E-state index in [1.807, 2.05) is 0 Å². The molecule has 0 bridgehead atoms. The van der Waals surface area contributed by atoms with Crippen LogP contribution in [0.25, 0.3) is 0 Å². The van der Waals surface area contributed by atoms with Crippen molar-refractivity contribution in [2.75, 3.05) is 13.7 Å². The summed E-state index contributed by atoms with van der Waals surface area (Å²) in [5, 5.41) is 13.7. The quantitative estimate of drug-likeness (QED) is 0.845. The van der Waals surface area contributed by atoms with Crippen LogP contribution in [0.15, 0.2) is 18.2 Å². The number of ether oxygens (including phenoxy) is 1. The van der Waals surface area contributed by atoms with Gasteiger partial charge in [-0.1, -0.05) is 6.07 Å². The van der Waals surface area contributed by atoms with Crippen molar-refractivity contribution in [3.8, 4) is 5.75 Å². The van der Waals surface area contributed by atoms with Crippen molar-refractivity contribution in [1.29, 1.82) is 0 Å². The van der Waals surface area contributed by atoms with Crippen LogP contribution in [0.2, 0.25) is 0 Å². The Labute approximate surface area is 101 Å². The summed E-state index contributed by atoms with van der Waals surface area (Å²) in [7, 11) is 1.43. The van der Waals surface area contributed by atoms with Crippen molar-refractivity contribution in [3.63, 3.8) is 0 Å². The van der Waals surface area contributed by atoms with Gasteiger partial charge in [0.2, 0.25) is 0 Å². The van der Waals surface area contributed by atoms with Crippen LogP contribution in [-0.4, -0.2) is 24.8 Å². The Bertz CT molecular complexity index is 400. The van der Waals surface area contributed by atoms with E-state index < -0.39 is 11.4 Å². The number of hydrogen-bond acceptors (Lipinski definition) is 3. The van der Waals surface area contributed by atoms with Crippen molar-refractivity contribution in [3.05, 3.63) is 29.6 Å². The highest BCUT2D eigenvalue weighted by Crippen LogP contribution is 2.31. The first-order chi connectivity index (χ1) is 8.05. The molecule has 1 fully saturated rings. The molecule has 17 heavy (non-hydrogen) atoms. The lowest BCUT2D eigenvalue weighted by molar-refractivity contribution is 0.0215. The van der Waals surface area contributed by atoms with E-state index in [-0.39, 0.29) is 11.8 Å². The predicted molar refractivity (Wildman–Crippen MR) is 63.5 cm³/mol. The highest BCUT2D eigenvalue weighted by molar-refractivity contribution is 5.33. The monoisotopic (exact) mass is 239 g/mol. The van der Waals surface area contributed by atoms with E-state index in [0.29, 0.717) is 5.56 Å². The highest BCUT2D eigenvalue weighted by Gasteiger charge is 2.35. The number of halogens is 1. The lowest BCUT2D eigenvalue weighted by atomic mass is 9.87. The molecule has 2 atom stereocenters. The Kier molecular flexibility index (Phi) is 3.35. The summed E-state index contributed by atoms with van der Waals surface area (Å²) in [5.74, 6) is -0.243. The standard InChI is InChI=1S/C13H18FNO2/c1-13(16,12-4-3-7-15-12)9-5-6-11(17-2)10(14)8-9/h5-6,8,12,15-16H,3-4,7H2,1-2H3. The fourth-order valence-corrected chi connectivity index (χ4v) is 2.35. The summed E-state index contributed by atoms with van der Waals surface area (Å²) in [6.07, 6.45) is 1.94. The SMILES string of the molecule is COc1ccc(C(C)(O)C2CCCN2)cc1F. The van der Waals surface area contributed by atoms with Crippen LogP contribution in [0.1, 0.15) is 25.3 Å². The van der Waals surface area contributed by atoms with Crippen LogP contribution in [-0.2, 0) is 5.60 Å². The molecule has 2 unspecified atom stereocenters. The summed E-state index contributed by atoms with van der Waals surface area (Å²) in [6, 6.07) is 4.59. The summed E-state index contributed by atoms with van der Waals surface area (Å²) >= 11 is 0. The van der Waals surface area contributed by atoms with Gasteiger partial charge < -0.3 is 15.2 Å². The molecular formula is C13H18FNO2. The molecule has 0 aliphatic carbocycles. The largest absolute Gasteiger partial charge is 0.494 e. The molecule has 1 aliphatic rings. The first kappa shape index (κ1) is 12.3. The molecule has 1 aromatic carbocycles. The van der Waals surface area contributed by atoms with E-state index in [4.69, 9.17) is 4.74 Å². The molecule has 0 spiro atoms. The van der Waals surface area contributed by atoms with Gasteiger partial charge in [-0.05, 0) is 44.0 Å². The Morgan fingerprint density at radius 3 is 2.82 bits per heavy atom. The number of benzene rings is 1. The summed E-state index contributed by atoms with van der Waals surface area (Å²) in [6.45, 7) is 2.62. The van der Waals surface area contributed by atoms with Gasteiger partial charge in [-0.3, -0.25) is 0 Å². The zero-order valence-corrected chi connectivity index (χ0v) is 10.2. The molecular weight excluding hydrogens is 221 g/mol. The minimum atomic E-state index is -1.05. The normalized spacial score (nSPS) is 23.4. The third kappa shape index (κ3) is 2.28. The van der Waals surface area contributed by atoms with Crippen LogP contribution in [0, 0.1) is 5.82 Å². The maximum absolute atomic E-state index is 13.6. The van der Waals surface area contributed by atoms with Crippen LogP contribution in [0.4, 0.5) is 4.39 Å². The van der Waals surface area contributed by atoms with Crippen LogP contribution >= 0.6 is 0 Å². The van der Waals surface area contributed by atoms with Gasteiger partial charge in [0.1, 0.15) is 5.60 Å². The first-order valence-electron chi connectivity index (χ1n) is 5.85. The molecule has 1 heterocycles. The van der Waals surface area contributed by atoms with E-state index in [9.17, 15) is 9.50 Å². The smallest absolute Gasteiger partial charge is 0.165 e. The minimum Gasteiger partial charge on any atom is -0.494 e. The van der Waals surface area contributed by atoms with Gasteiger partial charge >= 0.3 is 0 Å². The molecule has 4 heteroatoms. The van der Waals surface area contributed by atoms with Crippen molar-refractivity contribution in [2.24, 2.45) is 0 Å². The number of hydrogen-bond donors (Lipinski definition) is 2. The van der Waals surface area contributed by atoms with Crippen molar-refractivity contribution in [1.82, 2.24) is 5.32 Å². The van der Waals surface area contributed by atoms with Gasteiger partial charge in [0.25, 0.3) is 0 Å². The van der Waals surface area contributed by atoms with Gasteiger partial charge in [-0.2, -0.15) is 0 Å². The van der Waals surface area contributed by atoms with Crippen molar-refractivity contribution < 1.29 is 14.2 Å². The van der Waals surface area contributed by atoms with Crippen LogP contribution in [0.3, 0.4) is 0 Å².